The van der Waals surface area contributed by atoms with E-state index < -0.39 is 0 Å². The molecule has 0 aliphatic rings. The Labute approximate surface area is 99.6 Å². The van der Waals surface area contributed by atoms with Crippen molar-refractivity contribution in [3.63, 3.8) is 0 Å². The average molecular weight is 289 g/mol. The van der Waals surface area contributed by atoms with Crippen LogP contribution >= 0.6 is 27.5 Å². The van der Waals surface area contributed by atoms with Crippen LogP contribution < -0.4 is 0 Å². The Morgan fingerprint density at radius 2 is 2.13 bits per heavy atom. The minimum absolute atomic E-state index is 0.220. The molecule has 0 aromatic carbocycles. The van der Waals surface area contributed by atoms with E-state index in [-0.39, 0.29) is 5.28 Å². The molecule has 0 spiro atoms. The third kappa shape index (κ3) is 2.00. The summed E-state index contributed by atoms with van der Waals surface area (Å²) in [6.45, 7) is 1.86. The van der Waals surface area contributed by atoms with Gasteiger partial charge in [-0.25, -0.2) is 14.6 Å². The molecule has 2 rings (SSSR count). The summed E-state index contributed by atoms with van der Waals surface area (Å²) in [6, 6.07) is 1.83. The molecular formula is C8H7BrClN5. The van der Waals surface area contributed by atoms with Crippen LogP contribution in [-0.2, 0) is 7.05 Å². The Morgan fingerprint density at radius 1 is 1.40 bits per heavy atom. The fourth-order valence-electron chi connectivity index (χ4n) is 1.26. The minimum Gasteiger partial charge on any atom is -0.245 e. The van der Waals surface area contributed by atoms with Crippen LogP contribution in [0, 0.1) is 6.92 Å². The first kappa shape index (κ1) is 10.5. The average Bonchev–Trinajstić information content (AvgIpc) is 2.44. The van der Waals surface area contributed by atoms with Crippen molar-refractivity contribution in [1.82, 2.24) is 25.0 Å². The summed E-state index contributed by atoms with van der Waals surface area (Å²) >= 11 is 9.09. The molecule has 2 heterocycles. The van der Waals surface area contributed by atoms with Crippen molar-refractivity contribution < 1.29 is 0 Å². The van der Waals surface area contributed by atoms with Gasteiger partial charge < -0.3 is 0 Å². The quantitative estimate of drug-likeness (QED) is 0.753. The van der Waals surface area contributed by atoms with Crippen molar-refractivity contribution in [1.29, 1.82) is 0 Å². The van der Waals surface area contributed by atoms with Gasteiger partial charge in [0.2, 0.25) is 5.28 Å². The normalized spacial score (nSPS) is 10.7. The lowest BCUT2D eigenvalue weighted by Crippen LogP contribution is -1.98. The van der Waals surface area contributed by atoms with Gasteiger partial charge >= 0.3 is 0 Å². The number of rotatable bonds is 1. The standard InChI is InChI=1S/C8H7BrClN5/c1-4-3-5(12-8(10)11-4)6-7(9)13-14-15(6)2/h3H,1-2H3. The predicted molar refractivity (Wildman–Crippen MR) is 59.5 cm³/mol. The van der Waals surface area contributed by atoms with Gasteiger partial charge in [-0.2, -0.15) is 0 Å². The van der Waals surface area contributed by atoms with E-state index in [0.717, 1.165) is 11.4 Å². The van der Waals surface area contributed by atoms with Crippen molar-refractivity contribution >= 4 is 27.5 Å². The molecular weight excluding hydrogens is 281 g/mol. The number of aromatic nitrogens is 5. The summed E-state index contributed by atoms with van der Waals surface area (Å²) in [5.74, 6) is 0. The molecule has 0 aliphatic carbocycles. The SMILES string of the molecule is Cc1cc(-c2c(Br)nnn2C)nc(Cl)n1. The van der Waals surface area contributed by atoms with E-state index in [1.54, 1.807) is 11.7 Å². The first-order valence-corrected chi connectivity index (χ1v) is 5.32. The number of nitrogens with zero attached hydrogens (tertiary/aromatic N) is 5. The first-order valence-electron chi connectivity index (χ1n) is 4.14. The molecule has 0 atom stereocenters. The van der Waals surface area contributed by atoms with Crippen LogP contribution in [0.15, 0.2) is 10.7 Å². The lowest BCUT2D eigenvalue weighted by atomic mass is 10.3. The molecule has 0 amide bonds. The summed E-state index contributed by atoms with van der Waals surface area (Å²) in [5.41, 5.74) is 2.28. The fraction of sp³-hybridized carbons (Fsp3) is 0.250. The summed E-state index contributed by atoms with van der Waals surface area (Å²) in [5, 5.41) is 7.97. The van der Waals surface area contributed by atoms with E-state index in [0.29, 0.717) is 10.3 Å². The monoisotopic (exact) mass is 287 g/mol. The number of aryl methyl sites for hydroxylation is 2. The maximum atomic E-state index is 5.78. The molecule has 0 fully saturated rings. The number of halogens is 2. The predicted octanol–water partition coefficient (Wildman–Crippen LogP) is 2.00. The van der Waals surface area contributed by atoms with E-state index in [9.17, 15) is 0 Å². The molecule has 0 N–H and O–H groups in total. The maximum Gasteiger partial charge on any atom is 0.223 e. The number of hydrogen-bond donors (Lipinski definition) is 0. The zero-order valence-electron chi connectivity index (χ0n) is 8.07. The number of hydrogen-bond acceptors (Lipinski definition) is 4. The lowest BCUT2D eigenvalue weighted by Gasteiger charge is -2.02. The molecule has 0 unspecified atom stereocenters. The second-order valence-corrected chi connectivity index (χ2v) is 4.11. The summed E-state index contributed by atoms with van der Waals surface area (Å²) in [6.07, 6.45) is 0. The van der Waals surface area contributed by atoms with Gasteiger partial charge in [0.05, 0.1) is 5.69 Å². The third-order valence-corrected chi connectivity index (χ3v) is 2.56. The Bertz CT molecular complexity index is 470. The zero-order chi connectivity index (χ0) is 11.0. The van der Waals surface area contributed by atoms with Gasteiger partial charge in [-0.05, 0) is 40.5 Å². The van der Waals surface area contributed by atoms with Gasteiger partial charge in [-0.1, -0.05) is 5.21 Å². The summed E-state index contributed by atoms with van der Waals surface area (Å²) in [4.78, 5) is 8.11. The molecule has 0 saturated carbocycles. The Kier molecular flexibility index (Phi) is 2.70. The van der Waals surface area contributed by atoms with Crippen molar-refractivity contribution in [3.8, 4) is 11.4 Å². The van der Waals surface area contributed by atoms with Crippen LogP contribution in [0.2, 0.25) is 5.28 Å². The van der Waals surface area contributed by atoms with Crippen molar-refractivity contribution in [2.24, 2.45) is 7.05 Å². The van der Waals surface area contributed by atoms with Gasteiger partial charge in [0, 0.05) is 12.7 Å². The largest absolute Gasteiger partial charge is 0.245 e. The van der Waals surface area contributed by atoms with Crippen LogP contribution in [0.3, 0.4) is 0 Å². The third-order valence-electron chi connectivity index (χ3n) is 1.86. The van der Waals surface area contributed by atoms with Gasteiger partial charge in [-0.3, -0.25) is 0 Å². The van der Waals surface area contributed by atoms with Crippen LogP contribution in [0.25, 0.3) is 11.4 Å². The molecule has 0 radical (unpaired) electrons. The van der Waals surface area contributed by atoms with Gasteiger partial charge in [0.15, 0.2) is 4.60 Å². The Hall–Kier alpha value is -1.01. The molecule has 78 valence electrons. The minimum atomic E-state index is 0.220. The topological polar surface area (TPSA) is 56.5 Å². The highest BCUT2D eigenvalue weighted by molar-refractivity contribution is 9.10. The Balaban J connectivity index is 2.63. The molecule has 0 aliphatic heterocycles. The molecule has 0 bridgehead atoms. The summed E-state index contributed by atoms with van der Waals surface area (Å²) < 4.78 is 2.27. The van der Waals surface area contributed by atoms with E-state index >= 15 is 0 Å². The maximum absolute atomic E-state index is 5.78. The second kappa shape index (κ2) is 3.86. The van der Waals surface area contributed by atoms with Crippen LogP contribution in [-0.4, -0.2) is 25.0 Å². The van der Waals surface area contributed by atoms with E-state index in [2.05, 4.69) is 36.2 Å². The zero-order valence-corrected chi connectivity index (χ0v) is 10.4. The molecule has 5 nitrogen and oxygen atoms in total. The highest BCUT2D eigenvalue weighted by atomic mass is 79.9. The highest BCUT2D eigenvalue weighted by Gasteiger charge is 2.13. The van der Waals surface area contributed by atoms with Gasteiger partial charge in [0.1, 0.15) is 5.69 Å². The van der Waals surface area contributed by atoms with Crippen LogP contribution in [0.4, 0.5) is 0 Å². The first-order chi connectivity index (χ1) is 7.08. The lowest BCUT2D eigenvalue weighted by molar-refractivity contribution is 0.718. The van der Waals surface area contributed by atoms with Crippen LogP contribution in [0.5, 0.6) is 0 Å². The molecule has 2 aromatic rings. The Morgan fingerprint density at radius 3 is 2.67 bits per heavy atom. The van der Waals surface area contributed by atoms with E-state index in [4.69, 9.17) is 11.6 Å². The van der Waals surface area contributed by atoms with Crippen LogP contribution in [0.1, 0.15) is 5.69 Å². The smallest absolute Gasteiger partial charge is 0.223 e. The van der Waals surface area contributed by atoms with E-state index in [1.807, 2.05) is 13.0 Å². The van der Waals surface area contributed by atoms with Gasteiger partial charge in [-0.15, -0.1) is 5.10 Å². The van der Waals surface area contributed by atoms with Gasteiger partial charge in [0.25, 0.3) is 0 Å². The van der Waals surface area contributed by atoms with Crippen molar-refractivity contribution in [3.05, 3.63) is 21.6 Å². The second-order valence-electron chi connectivity index (χ2n) is 3.02. The molecule has 7 heteroatoms. The fourth-order valence-corrected chi connectivity index (χ4v) is 2.01. The van der Waals surface area contributed by atoms with Crippen molar-refractivity contribution in [2.75, 3.05) is 0 Å². The molecule has 2 aromatic heterocycles. The van der Waals surface area contributed by atoms with Crippen molar-refractivity contribution in [2.45, 2.75) is 6.92 Å². The summed E-state index contributed by atoms with van der Waals surface area (Å²) in [7, 11) is 1.79. The van der Waals surface area contributed by atoms with E-state index in [1.165, 1.54) is 0 Å². The molecule has 0 saturated heterocycles. The molecule has 15 heavy (non-hydrogen) atoms. The highest BCUT2D eigenvalue weighted by Crippen LogP contribution is 2.24.